The van der Waals surface area contributed by atoms with Crippen LogP contribution in [0.3, 0.4) is 0 Å². The molecule has 0 aliphatic carbocycles. The number of carbonyl (C=O) groups is 1. The first kappa shape index (κ1) is 20.1. The number of aromatic amines is 1. The Hall–Kier alpha value is -4.23. The van der Waals surface area contributed by atoms with E-state index >= 15 is 0 Å². The van der Waals surface area contributed by atoms with Gasteiger partial charge in [-0.1, -0.05) is 11.2 Å². The minimum absolute atomic E-state index is 0.160. The number of anilines is 3. The van der Waals surface area contributed by atoms with E-state index in [9.17, 15) is 22.4 Å². The van der Waals surface area contributed by atoms with Crippen molar-refractivity contribution >= 4 is 34.5 Å². The number of nitrogen functional groups attached to an aromatic ring is 1. The van der Waals surface area contributed by atoms with Crippen LogP contribution >= 0.6 is 0 Å². The number of rotatable bonds is 4. The Balaban J connectivity index is 1.48. The number of benzene rings is 1. The van der Waals surface area contributed by atoms with Crippen molar-refractivity contribution in [3.8, 4) is 11.3 Å². The fraction of sp³-hybridized carbons (Fsp3) is 0.118. The first-order chi connectivity index (χ1) is 14.7. The molecular weight excluding hydrogens is 424 g/mol. The summed E-state index contributed by atoms with van der Waals surface area (Å²) in [6.45, 7) is 0. The second kappa shape index (κ2) is 7.55. The fourth-order valence-corrected chi connectivity index (χ4v) is 2.78. The molecule has 0 saturated heterocycles. The molecule has 0 fully saturated rings. The maximum absolute atomic E-state index is 14.5. The van der Waals surface area contributed by atoms with Gasteiger partial charge in [0.15, 0.2) is 5.65 Å². The smallest absolute Gasteiger partial charge is 0.383 e. The van der Waals surface area contributed by atoms with Gasteiger partial charge in [-0.15, -0.1) is 0 Å². The second-order valence-corrected chi connectivity index (χ2v) is 6.30. The molecule has 14 heteroatoms. The van der Waals surface area contributed by atoms with E-state index in [1.807, 2.05) is 0 Å². The van der Waals surface area contributed by atoms with Gasteiger partial charge in [-0.25, -0.2) is 19.2 Å². The van der Waals surface area contributed by atoms with Crippen LogP contribution in [-0.4, -0.2) is 37.5 Å². The van der Waals surface area contributed by atoms with Crippen molar-refractivity contribution in [3.05, 3.63) is 42.1 Å². The lowest BCUT2D eigenvalue weighted by molar-refractivity contribution is -0.128. The van der Waals surface area contributed by atoms with Gasteiger partial charge >= 0.3 is 12.2 Å². The predicted octanol–water partition coefficient (Wildman–Crippen LogP) is 3.48. The Labute approximate surface area is 169 Å². The molecular formula is C17H12F4N8O2. The zero-order chi connectivity index (χ0) is 22.2. The molecule has 0 bridgehead atoms. The monoisotopic (exact) mass is 436 g/mol. The van der Waals surface area contributed by atoms with Crippen LogP contribution in [0.2, 0.25) is 0 Å². The zero-order valence-electron chi connectivity index (χ0n) is 15.3. The van der Waals surface area contributed by atoms with Gasteiger partial charge in [0.1, 0.15) is 18.0 Å². The van der Waals surface area contributed by atoms with Crippen LogP contribution in [0.25, 0.3) is 22.3 Å². The lowest BCUT2D eigenvalue weighted by atomic mass is 10.1. The Bertz CT molecular complexity index is 1270. The fourth-order valence-electron chi connectivity index (χ4n) is 2.78. The second-order valence-electron chi connectivity index (χ2n) is 6.30. The van der Waals surface area contributed by atoms with Gasteiger partial charge in [0.05, 0.1) is 28.9 Å². The average molecular weight is 436 g/mol. The summed E-state index contributed by atoms with van der Waals surface area (Å²) in [5, 5.41) is 14.7. The number of nitrogens with zero attached hydrogens (tertiary/aromatic N) is 4. The molecule has 0 saturated carbocycles. The number of nitrogens with two attached hydrogens (primary N) is 1. The van der Waals surface area contributed by atoms with Crippen molar-refractivity contribution in [1.82, 2.24) is 25.3 Å². The molecule has 0 spiro atoms. The van der Waals surface area contributed by atoms with Gasteiger partial charge in [0, 0.05) is 11.6 Å². The largest absolute Gasteiger partial charge is 0.394 e. The molecule has 5 N–H and O–H groups in total. The molecule has 1 aromatic carbocycles. The topological polar surface area (TPSA) is 148 Å². The van der Waals surface area contributed by atoms with E-state index in [1.54, 1.807) is 0 Å². The highest BCUT2D eigenvalue weighted by molar-refractivity contribution is 6.00. The normalized spacial score (nSPS) is 11.6. The summed E-state index contributed by atoms with van der Waals surface area (Å²) >= 11 is 0. The standard InChI is InChI=1S/C17H12F4N8O2/c18-9-3-7(13-12-14(22)23-6-24-15(12)28-27-13)1-2-10(9)25-16(30)26-11-4-8(29-31-11)5-17(19,20)21/h1-4,6H,5H2,(H2,25,26,30)(H3,22,23,24,27,28). The highest BCUT2D eigenvalue weighted by Crippen LogP contribution is 2.30. The summed E-state index contributed by atoms with van der Waals surface area (Å²) < 4.78 is 56.2. The van der Waals surface area contributed by atoms with Crippen molar-refractivity contribution in [2.24, 2.45) is 0 Å². The summed E-state index contributed by atoms with van der Waals surface area (Å²) in [4.78, 5) is 19.9. The highest BCUT2D eigenvalue weighted by Gasteiger charge is 2.29. The number of halogens is 4. The van der Waals surface area contributed by atoms with E-state index in [0.29, 0.717) is 22.3 Å². The minimum Gasteiger partial charge on any atom is -0.383 e. The lowest BCUT2D eigenvalue weighted by Gasteiger charge is -2.08. The molecule has 3 aromatic heterocycles. The van der Waals surface area contributed by atoms with E-state index in [2.05, 4.69) is 40.5 Å². The number of hydrogen-bond acceptors (Lipinski definition) is 7. The van der Waals surface area contributed by atoms with Crippen LogP contribution in [0.15, 0.2) is 35.1 Å². The van der Waals surface area contributed by atoms with Gasteiger partial charge in [0.2, 0.25) is 5.88 Å². The molecule has 0 aliphatic rings. The average Bonchev–Trinajstić information content (AvgIpc) is 3.29. The Morgan fingerprint density at radius 3 is 2.74 bits per heavy atom. The van der Waals surface area contributed by atoms with E-state index in [0.717, 1.165) is 12.1 Å². The molecule has 4 rings (SSSR count). The minimum atomic E-state index is -4.47. The molecule has 10 nitrogen and oxygen atoms in total. The van der Waals surface area contributed by atoms with E-state index in [4.69, 9.17) is 5.73 Å². The Morgan fingerprint density at radius 1 is 1.19 bits per heavy atom. The lowest BCUT2D eigenvalue weighted by Crippen LogP contribution is -2.19. The molecule has 0 radical (unpaired) electrons. The molecule has 160 valence electrons. The summed E-state index contributed by atoms with van der Waals surface area (Å²) in [6.07, 6.45) is -4.54. The summed E-state index contributed by atoms with van der Waals surface area (Å²) in [7, 11) is 0. The molecule has 0 aliphatic heterocycles. The third-order valence-corrected chi connectivity index (χ3v) is 4.06. The van der Waals surface area contributed by atoms with E-state index < -0.39 is 30.1 Å². The number of urea groups is 1. The molecule has 0 unspecified atom stereocenters. The van der Waals surface area contributed by atoms with Gasteiger partial charge in [-0.2, -0.15) is 18.3 Å². The summed E-state index contributed by atoms with van der Waals surface area (Å²) in [6, 6.07) is 3.89. The number of hydrogen-bond donors (Lipinski definition) is 4. The van der Waals surface area contributed by atoms with Crippen LogP contribution in [-0.2, 0) is 6.42 Å². The predicted molar refractivity (Wildman–Crippen MR) is 100 cm³/mol. The number of nitrogens with one attached hydrogen (secondary N) is 3. The number of H-pyrrole nitrogens is 1. The van der Waals surface area contributed by atoms with Crippen molar-refractivity contribution in [1.29, 1.82) is 0 Å². The van der Waals surface area contributed by atoms with Crippen LogP contribution in [0, 0.1) is 5.82 Å². The summed E-state index contributed by atoms with van der Waals surface area (Å²) in [5.74, 6) is -0.956. The number of aromatic nitrogens is 5. The summed E-state index contributed by atoms with van der Waals surface area (Å²) in [5.41, 5.74) is 6.31. The maximum Gasteiger partial charge on any atom is 0.394 e. The van der Waals surface area contributed by atoms with Crippen LogP contribution in [0.5, 0.6) is 0 Å². The van der Waals surface area contributed by atoms with Gasteiger partial charge < -0.3 is 15.6 Å². The van der Waals surface area contributed by atoms with Gasteiger partial charge in [-0.3, -0.25) is 10.4 Å². The SMILES string of the molecule is Nc1ncnc2n[nH]c(-c3ccc(NC(=O)Nc4cc(CC(F)(F)F)no4)c(F)c3)c12. The van der Waals surface area contributed by atoms with Crippen LogP contribution in [0.4, 0.5) is 39.7 Å². The first-order valence-corrected chi connectivity index (χ1v) is 8.54. The third kappa shape index (κ3) is 4.36. The van der Waals surface area contributed by atoms with Crippen LogP contribution in [0.1, 0.15) is 5.69 Å². The van der Waals surface area contributed by atoms with Crippen molar-refractivity contribution in [3.63, 3.8) is 0 Å². The Kier molecular flexibility index (Phi) is 4.88. The zero-order valence-corrected chi connectivity index (χ0v) is 15.3. The van der Waals surface area contributed by atoms with Crippen molar-refractivity contribution in [2.45, 2.75) is 12.6 Å². The molecule has 0 atom stereocenters. The maximum atomic E-state index is 14.5. The Morgan fingerprint density at radius 2 is 2.00 bits per heavy atom. The number of amides is 2. The van der Waals surface area contributed by atoms with Crippen molar-refractivity contribution < 1.29 is 26.9 Å². The van der Waals surface area contributed by atoms with Crippen LogP contribution < -0.4 is 16.4 Å². The molecule has 2 amide bonds. The molecule has 31 heavy (non-hydrogen) atoms. The number of alkyl halides is 3. The third-order valence-electron chi connectivity index (χ3n) is 4.06. The van der Waals surface area contributed by atoms with Gasteiger partial charge in [-0.05, 0) is 12.1 Å². The number of fused-ring (bicyclic) bond motifs is 1. The highest BCUT2D eigenvalue weighted by atomic mass is 19.4. The number of carbonyl (C=O) groups excluding carboxylic acids is 1. The van der Waals surface area contributed by atoms with E-state index in [1.165, 1.54) is 18.5 Å². The first-order valence-electron chi connectivity index (χ1n) is 8.54. The van der Waals surface area contributed by atoms with Gasteiger partial charge in [0.25, 0.3) is 0 Å². The quantitative estimate of drug-likeness (QED) is 0.358. The molecule has 4 aromatic rings. The van der Waals surface area contributed by atoms with E-state index in [-0.39, 0.29) is 17.4 Å². The molecule has 3 heterocycles. The van der Waals surface area contributed by atoms with Crippen molar-refractivity contribution in [2.75, 3.05) is 16.4 Å².